The van der Waals surface area contributed by atoms with Crippen molar-refractivity contribution in [2.45, 2.75) is 50.4 Å². The van der Waals surface area contributed by atoms with Gasteiger partial charge in [0, 0.05) is 23.8 Å². The van der Waals surface area contributed by atoms with Crippen LogP contribution in [0.3, 0.4) is 0 Å². The molecular formula is C11H18BrF3N2O. The third kappa shape index (κ3) is 6.58. The number of unbranched alkanes of at least 4 members (excludes halogenated alkanes) is 1. The number of nitrogens with one attached hydrogen (secondary N) is 2. The molecule has 3 nitrogen and oxygen atoms in total. The summed E-state index contributed by atoms with van der Waals surface area (Å²) in [4.78, 5) is 11.4. The molecule has 0 saturated heterocycles. The van der Waals surface area contributed by atoms with Gasteiger partial charge in [0.25, 0.3) is 0 Å². The molecule has 1 aliphatic rings. The number of hydrogen-bond donors (Lipinski definition) is 2. The van der Waals surface area contributed by atoms with Crippen LogP contribution in [-0.2, 0) is 4.79 Å². The summed E-state index contributed by atoms with van der Waals surface area (Å²) in [5.41, 5.74) is 0. The molecule has 7 heteroatoms. The van der Waals surface area contributed by atoms with Crippen LogP contribution in [0, 0.1) is 0 Å². The Kier molecular flexibility index (Phi) is 6.42. The van der Waals surface area contributed by atoms with Gasteiger partial charge in [0.05, 0.1) is 6.54 Å². The van der Waals surface area contributed by atoms with Crippen molar-refractivity contribution in [3.05, 3.63) is 0 Å². The molecule has 0 aromatic rings. The van der Waals surface area contributed by atoms with Gasteiger partial charge in [-0.3, -0.25) is 4.79 Å². The van der Waals surface area contributed by atoms with Gasteiger partial charge in [-0.05, 0) is 25.7 Å². The molecule has 0 radical (unpaired) electrons. The first kappa shape index (κ1) is 15.8. The van der Waals surface area contributed by atoms with Crippen LogP contribution >= 0.6 is 15.9 Å². The van der Waals surface area contributed by atoms with E-state index < -0.39 is 12.7 Å². The number of rotatable bonds is 7. The molecule has 0 unspecified atom stereocenters. The van der Waals surface area contributed by atoms with Crippen molar-refractivity contribution in [2.24, 2.45) is 0 Å². The summed E-state index contributed by atoms with van der Waals surface area (Å²) in [5, 5.41) is 6.14. The Balaban J connectivity index is 2.03. The molecule has 106 valence electrons. The highest BCUT2D eigenvalue weighted by Gasteiger charge is 2.34. The Morgan fingerprint density at radius 3 is 2.44 bits per heavy atom. The van der Waals surface area contributed by atoms with Gasteiger partial charge in [-0.1, -0.05) is 15.9 Å². The summed E-state index contributed by atoms with van der Waals surface area (Å²) in [6.45, 7) is -0.955. The third-order valence-electron chi connectivity index (χ3n) is 2.88. The fourth-order valence-electron chi connectivity index (χ4n) is 1.84. The van der Waals surface area contributed by atoms with Crippen molar-refractivity contribution in [2.75, 3.05) is 11.9 Å². The summed E-state index contributed by atoms with van der Waals surface area (Å²) in [7, 11) is 0. The molecule has 2 N–H and O–H groups in total. The van der Waals surface area contributed by atoms with Gasteiger partial charge in [-0.25, -0.2) is 0 Å². The van der Waals surface area contributed by atoms with Crippen LogP contribution in [0.15, 0.2) is 0 Å². The van der Waals surface area contributed by atoms with Crippen molar-refractivity contribution in [1.82, 2.24) is 10.6 Å². The van der Waals surface area contributed by atoms with Crippen molar-refractivity contribution in [1.29, 1.82) is 0 Å². The minimum atomic E-state index is -4.16. The molecule has 1 aliphatic carbocycles. The van der Waals surface area contributed by atoms with Crippen LogP contribution in [0.4, 0.5) is 13.2 Å². The molecule has 0 bridgehead atoms. The summed E-state index contributed by atoms with van der Waals surface area (Å²) >= 11 is 3.28. The molecule has 0 heterocycles. The number of carbonyl (C=O) groups excluding carboxylic acids is 1. The van der Waals surface area contributed by atoms with Gasteiger partial charge in [0.2, 0.25) is 5.91 Å². The molecule has 0 aromatic heterocycles. The van der Waals surface area contributed by atoms with E-state index in [2.05, 4.69) is 26.6 Å². The number of alkyl halides is 4. The van der Waals surface area contributed by atoms with E-state index in [9.17, 15) is 18.0 Å². The van der Waals surface area contributed by atoms with E-state index in [0.717, 1.165) is 18.2 Å². The molecule has 0 atom stereocenters. The zero-order valence-electron chi connectivity index (χ0n) is 10.0. The second kappa shape index (κ2) is 7.33. The maximum absolute atomic E-state index is 11.9. The number of hydrogen-bond acceptors (Lipinski definition) is 2. The second-order valence-corrected chi connectivity index (χ2v) is 5.37. The van der Waals surface area contributed by atoms with E-state index in [0.29, 0.717) is 19.3 Å². The highest BCUT2D eigenvalue weighted by Crippen LogP contribution is 2.22. The average molecular weight is 331 g/mol. The summed E-state index contributed by atoms with van der Waals surface area (Å²) in [5.74, 6) is -0.00442. The van der Waals surface area contributed by atoms with E-state index in [4.69, 9.17) is 0 Å². The summed E-state index contributed by atoms with van der Waals surface area (Å²) in [6, 6.07) is -0.0910. The zero-order chi connectivity index (χ0) is 13.6. The quantitative estimate of drug-likeness (QED) is 0.555. The zero-order valence-corrected chi connectivity index (χ0v) is 11.6. The monoisotopic (exact) mass is 330 g/mol. The van der Waals surface area contributed by atoms with Crippen LogP contribution in [-0.4, -0.2) is 36.0 Å². The lowest BCUT2D eigenvalue weighted by Gasteiger charge is -2.36. The van der Waals surface area contributed by atoms with Crippen molar-refractivity contribution >= 4 is 21.8 Å². The average Bonchev–Trinajstić information content (AvgIpc) is 2.20. The molecule has 1 rings (SSSR count). The van der Waals surface area contributed by atoms with Gasteiger partial charge < -0.3 is 10.6 Å². The molecule has 18 heavy (non-hydrogen) atoms. The van der Waals surface area contributed by atoms with Gasteiger partial charge in [-0.2, -0.15) is 13.2 Å². The highest BCUT2D eigenvalue weighted by molar-refractivity contribution is 9.09. The van der Waals surface area contributed by atoms with E-state index in [1.54, 1.807) is 0 Å². The minimum absolute atomic E-state index is 0.00442. The first-order valence-electron chi connectivity index (χ1n) is 6.06. The fraction of sp³-hybridized carbons (Fsp3) is 0.909. The summed E-state index contributed by atoms with van der Waals surface area (Å²) in [6.07, 6.45) is -0.722. The Bertz CT molecular complexity index is 268. The van der Waals surface area contributed by atoms with Crippen LogP contribution in [0.1, 0.15) is 32.1 Å². The lowest BCUT2D eigenvalue weighted by atomic mass is 9.86. The molecule has 0 spiro atoms. The first-order valence-corrected chi connectivity index (χ1v) is 7.18. The third-order valence-corrected chi connectivity index (χ3v) is 3.44. The van der Waals surface area contributed by atoms with Crippen LogP contribution in [0.25, 0.3) is 0 Å². The second-order valence-electron chi connectivity index (χ2n) is 4.57. The normalized spacial score (nSPS) is 23.6. The molecular weight excluding hydrogens is 313 g/mol. The Labute approximate surface area is 113 Å². The van der Waals surface area contributed by atoms with Crippen LogP contribution in [0.5, 0.6) is 0 Å². The van der Waals surface area contributed by atoms with E-state index in [-0.39, 0.29) is 18.0 Å². The molecule has 1 amide bonds. The lowest BCUT2D eigenvalue weighted by Crippen LogP contribution is -2.53. The Morgan fingerprint density at radius 1 is 1.22 bits per heavy atom. The molecule has 1 saturated carbocycles. The minimum Gasteiger partial charge on any atom is -0.353 e. The number of halogens is 4. The van der Waals surface area contributed by atoms with Gasteiger partial charge in [-0.15, -0.1) is 0 Å². The number of carbonyl (C=O) groups is 1. The van der Waals surface area contributed by atoms with E-state index in [1.165, 1.54) is 0 Å². The predicted molar refractivity (Wildman–Crippen MR) is 66.7 cm³/mol. The van der Waals surface area contributed by atoms with Crippen molar-refractivity contribution in [3.63, 3.8) is 0 Å². The smallest absolute Gasteiger partial charge is 0.353 e. The maximum atomic E-state index is 11.9. The standard InChI is InChI=1S/C11H18BrF3N2O/c12-4-2-1-3-10(18)17-9-5-8(6-9)16-7-11(13,14)15/h8-9,16H,1-7H2,(H,17,18). The molecule has 1 fully saturated rings. The van der Waals surface area contributed by atoms with Gasteiger partial charge >= 0.3 is 6.18 Å². The lowest BCUT2D eigenvalue weighted by molar-refractivity contribution is -0.129. The van der Waals surface area contributed by atoms with Crippen molar-refractivity contribution in [3.8, 4) is 0 Å². The van der Waals surface area contributed by atoms with Crippen molar-refractivity contribution < 1.29 is 18.0 Å². The molecule has 0 aromatic carbocycles. The predicted octanol–water partition coefficient (Wildman–Crippen LogP) is 2.35. The van der Waals surface area contributed by atoms with Gasteiger partial charge in [0.1, 0.15) is 0 Å². The topological polar surface area (TPSA) is 41.1 Å². The first-order chi connectivity index (χ1) is 8.40. The summed E-state index contributed by atoms with van der Waals surface area (Å²) < 4.78 is 35.8. The van der Waals surface area contributed by atoms with Crippen LogP contribution < -0.4 is 10.6 Å². The van der Waals surface area contributed by atoms with Crippen LogP contribution in [0.2, 0.25) is 0 Å². The Hall–Kier alpha value is -0.300. The number of amides is 1. The SMILES string of the molecule is O=C(CCCCBr)NC1CC(NCC(F)(F)F)C1. The van der Waals surface area contributed by atoms with Gasteiger partial charge in [0.15, 0.2) is 0 Å². The van der Waals surface area contributed by atoms with E-state index >= 15 is 0 Å². The molecule has 0 aliphatic heterocycles. The van der Waals surface area contributed by atoms with E-state index in [1.807, 2.05) is 0 Å². The highest BCUT2D eigenvalue weighted by atomic mass is 79.9. The fourth-order valence-corrected chi connectivity index (χ4v) is 2.24. The Morgan fingerprint density at radius 2 is 1.89 bits per heavy atom. The maximum Gasteiger partial charge on any atom is 0.401 e. The largest absolute Gasteiger partial charge is 0.401 e.